The van der Waals surface area contributed by atoms with E-state index in [1.165, 1.54) is 44.6 Å². The van der Waals surface area contributed by atoms with Gasteiger partial charge in [0, 0.05) is 35.1 Å². The van der Waals surface area contributed by atoms with Gasteiger partial charge in [-0.3, -0.25) is 0 Å². The van der Waals surface area contributed by atoms with Crippen LogP contribution in [0.3, 0.4) is 0 Å². The lowest BCUT2D eigenvalue weighted by atomic mass is 10.2. The van der Waals surface area contributed by atoms with E-state index in [-0.39, 0.29) is 5.75 Å². The smallest absolute Gasteiger partial charge is 0.119 e. The number of likely N-dealkylation sites (N-methyl/N-ethyl adjacent to an activating group) is 1. The van der Waals surface area contributed by atoms with Gasteiger partial charge in [0.15, 0.2) is 0 Å². The molecule has 0 amide bonds. The molecule has 3 nitrogen and oxygen atoms in total. The van der Waals surface area contributed by atoms with Gasteiger partial charge in [-0.15, -0.1) is 0 Å². The number of hydrogen-bond acceptors (Lipinski definition) is 2. The highest BCUT2D eigenvalue weighted by molar-refractivity contribution is 5.81. The van der Waals surface area contributed by atoms with E-state index in [0.29, 0.717) is 10.9 Å². The van der Waals surface area contributed by atoms with Crippen molar-refractivity contribution in [3.05, 3.63) is 30.5 Å². The first-order valence-electron chi connectivity index (χ1n) is 9.59. The molecule has 0 N–H and O–H groups in total. The van der Waals surface area contributed by atoms with Crippen LogP contribution in [-0.4, -0.2) is 36.6 Å². The van der Waals surface area contributed by atoms with Gasteiger partial charge in [-0.2, -0.15) is 0 Å². The number of aromatic nitrogens is 1. The van der Waals surface area contributed by atoms with Gasteiger partial charge < -0.3 is 14.2 Å². The second-order valence-electron chi connectivity index (χ2n) is 3.86. The minimum absolute atomic E-state index is 0.0800. The molecule has 0 aliphatic heterocycles. The fourth-order valence-corrected chi connectivity index (χ4v) is 1.50. The Balaban J connectivity index is 2.58. The molecule has 92 valence electrons. The van der Waals surface area contributed by atoms with Crippen molar-refractivity contribution in [1.29, 1.82) is 0 Å². The van der Waals surface area contributed by atoms with Crippen LogP contribution in [0.1, 0.15) is 19.2 Å². The molecular formula is C14H20N2O. The first kappa shape index (κ1) is 5.02. The predicted octanol–water partition coefficient (Wildman–Crippen LogP) is 2.60. The van der Waals surface area contributed by atoms with Crippen molar-refractivity contribution in [2.45, 2.75) is 19.4 Å². The van der Waals surface area contributed by atoms with Crippen LogP contribution in [0.25, 0.3) is 10.9 Å². The maximum absolute atomic E-state index is 8.42. The number of hydrogen-bond donors (Lipinski definition) is 0. The molecule has 0 aliphatic carbocycles. The number of ether oxygens (including phenoxy) is 1. The number of benzene rings is 1. The normalized spacial score (nSPS) is 25.2. The van der Waals surface area contributed by atoms with Crippen molar-refractivity contribution in [1.82, 2.24) is 9.47 Å². The Kier molecular flexibility index (Phi) is 1.42. The Hall–Kier alpha value is -1.48. The second-order valence-corrected chi connectivity index (χ2v) is 3.86. The molecule has 1 aromatic carbocycles. The summed E-state index contributed by atoms with van der Waals surface area (Å²) in [5, 5.41) is 0.460. The van der Waals surface area contributed by atoms with Crippen LogP contribution in [0, 0.1) is 0 Å². The van der Waals surface area contributed by atoms with E-state index in [1.807, 2.05) is 0 Å². The summed E-state index contributed by atoms with van der Waals surface area (Å²) in [6, 6.07) is 3.17. The van der Waals surface area contributed by atoms with Crippen molar-refractivity contribution in [3.63, 3.8) is 0 Å². The molecule has 0 radical (unpaired) electrons. The summed E-state index contributed by atoms with van der Waals surface area (Å²) in [6.45, 7) is -5.54. The van der Waals surface area contributed by atoms with Gasteiger partial charge in [0.1, 0.15) is 5.75 Å². The molecule has 0 aliphatic rings. The Morgan fingerprint density at radius 1 is 1.53 bits per heavy atom. The summed E-state index contributed by atoms with van der Waals surface area (Å²) < 4.78 is 75.6. The third-order valence-corrected chi connectivity index (χ3v) is 2.45. The monoisotopic (exact) mass is 241 g/mol. The van der Waals surface area contributed by atoms with E-state index in [4.69, 9.17) is 17.1 Å². The summed E-state index contributed by atoms with van der Waals surface area (Å²) in [6.07, 6.45) is 1.34. The highest BCUT2D eigenvalue weighted by Gasteiger charge is 2.08. The second kappa shape index (κ2) is 4.80. The molecule has 0 saturated carbocycles. The van der Waals surface area contributed by atoms with Gasteiger partial charge in [-0.25, -0.2) is 0 Å². The van der Waals surface area contributed by atoms with Gasteiger partial charge >= 0.3 is 0 Å². The molecule has 0 saturated heterocycles. The summed E-state index contributed by atoms with van der Waals surface area (Å²) in [7, 11) is 0.0592. The van der Waals surface area contributed by atoms with Crippen LogP contribution in [-0.2, 0) is 6.50 Å². The van der Waals surface area contributed by atoms with Gasteiger partial charge in [0.05, 0.1) is 13.9 Å². The van der Waals surface area contributed by atoms with E-state index in [2.05, 4.69) is 0 Å². The Labute approximate surface area is 115 Å². The van der Waals surface area contributed by atoms with E-state index >= 15 is 0 Å². The van der Waals surface area contributed by atoms with Crippen LogP contribution in [0.4, 0.5) is 0 Å². The summed E-state index contributed by atoms with van der Waals surface area (Å²) in [4.78, 5) is 1.03. The average Bonchev–Trinajstić information content (AvgIpc) is 2.86. The fraction of sp³-hybridized carbons (Fsp3) is 0.429. The largest absolute Gasteiger partial charge is 0.497 e. The van der Waals surface area contributed by atoms with E-state index in [9.17, 15) is 0 Å². The topological polar surface area (TPSA) is 17.4 Å². The quantitative estimate of drug-likeness (QED) is 0.818. The fourth-order valence-electron chi connectivity index (χ4n) is 1.50. The minimum Gasteiger partial charge on any atom is -0.497 e. The molecule has 1 heterocycles. The van der Waals surface area contributed by atoms with Crippen LogP contribution < -0.4 is 4.74 Å². The van der Waals surface area contributed by atoms with Crippen LogP contribution in [0.5, 0.6) is 5.75 Å². The van der Waals surface area contributed by atoms with Crippen molar-refractivity contribution in [2.75, 3.05) is 21.1 Å². The SMILES string of the molecule is [2H]C([2H])([2H])Oc1ccc2c(ccn2C([2H])([2H])C([2H])(N(C)C)C([2H])([2H])[2H])c1. The minimum atomic E-state index is -2.93. The predicted molar refractivity (Wildman–Crippen MR) is 71.6 cm³/mol. The zero-order valence-corrected chi connectivity index (χ0v) is 9.69. The maximum atomic E-state index is 8.42. The van der Waals surface area contributed by atoms with Crippen LogP contribution >= 0.6 is 0 Å². The Morgan fingerprint density at radius 2 is 2.41 bits per heavy atom. The number of rotatable bonds is 4. The van der Waals surface area contributed by atoms with Crippen molar-refractivity contribution >= 4 is 10.9 Å². The highest BCUT2D eigenvalue weighted by atomic mass is 16.5. The number of fused-ring (bicyclic) bond motifs is 1. The van der Waals surface area contributed by atoms with Crippen molar-refractivity contribution < 1.29 is 17.1 Å². The lowest BCUT2D eigenvalue weighted by Crippen LogP contribution is -2.28. The summed E-state index contributed by atoms with van der Waals surface area (Å²) in [5.74, 6) is 0.0800. The standard InChI is InChI=1S/C14H20N2O/c1-11(15(2)3)10-16-8-7-12-9-13(17-4)5-6-14(12)16/h5-9,11H,10H2,1-4H3/i1D3,4D3,10D2,11D. The zero-order valence-electron chi connectivity index (χ0n) is 18.7. The third kappa shape index (κ3) is 2.44. The lowest BCUT2D eigenvalue weighted by Gasteiger charge is -2.20. The molecule has 17 heavy (non-hydrogen) atoms. The molecule has 1 unspecified atom stereocenters. The maximum Gasteiger partial charge on any atom is 0.119 e. The number of methoxy groups -OCH3 is 1. The van der Waals surface area contributed by atoms with E-state index < -0.39 is 26.4 Å². The third-order valence-electron chi connectivity index (χ3n) is 2.45. The molecule has 1 atom stereocenters. The molecule has 0 fully saturated rings. The molecule has 1 aromatic heterocycles. The molecule has 3 heteroatoms. The van der Waals surface area contributed by atoms with E-state index in [1.54, 1.807) is 0 Å². The van der Waals surface area contributed by atoms with Crippen LogP contribution in [0.2, 0.25) is 0 Å². The van der Waals surface area contributed by atoms with Gasteiger partial charge in [-0.05, 0) is 45.2 Å². The zero-order chi connectivity index (χ0) is 20.1. The Morgan fingerprint density at radius 3 is 3.12 bits per heavy atom. The average molecular weight is 241 g/mol. The van der Waals surface area contributed by atoms with Gasteiger partial charge in [-0.1, -0.05) is 0 Å². The molecular weight excluding hydrogens is 212 g/mol. The Bertz CT molecular complexity index is 794. The molecule has 2 rings (SSSR count). The van der Waals surface area contributed by atoms with Gasteiger partial charge in [0.25, 0.3) is 0 Å². The number of nitrogens with zero attached hydrogens (tertiary/aromatic N) is 2. The summed E-state index contributed by atoms with van der Waals surface area (Å²) >= 11 is 0. The van der Waals surface area contributed by atoms with E-state index in [0.717, 1.165) is 9.47 Å². The molecule has 2 aromatic rings. The molecule has 0 bridgehead atoms. The van der Waals surface area contributed by atoms with Crippen molar-refractivity contribution in [2.24, 2.45) is 0 Å². The summed E-state index contributed by atoms with van der Waals surface area (Å²) in [5.41, 5.74) is 0.315. The molecule has 0 spiro atoms. The highest BCUT2D eigenvalue weighted by Crippen LogP contribution is 2.22. The van der Waals surface area contributed by atoms with Crippen molar-refractivity contribution in [3.8, 4) is 5.75 Å². The van der Waals surface area contributed by atoms with Crippen LogP contribution in [0.15, 0.2) is 30.5 Å². The first-order valence-corrected chi connectivity index (χ1v) is 5.09. The first-order chi connectivity index (χ1) is 11.6. The lowest BCUT2D eigenvalue weighted by molar-refractivity contribution is 0.286. The van der Waals surface area contributed by atoms with Gasteiger partial charge in [0.2, 0.25) is 0 Å².